The van der Waals surface area contributed by atoms with Crippen LogP contribution in [-0.2, 0) is 0 Å². The molecule has 0 unspecified atom stereocenters. The van der Waals surface area contributed by atoms with Crippen LogP contribution in [0.1, 0.15) is 23.2 Å². The van der Waals surface area contributed by atoms with Crippen LogP contribution in [-0.4, -0.2) is 32.7 Å². The Morgan fingerprint density at radius 2 is 2.21 bits per heavy atom. The number of rotatable bonds is 4. The second-order valence-corrected chi connectivity index (χ2v) is 4.75. The van der Waals surface area contributed by atoms with E-state index >= 15 is 0 Å². The largest absolute Gasteiger partial charge is 0.494 e. The number of carbonyl (C=O) groups excluding carboxylic acids is 1. The molecule has 0 aliphatic carbocycles. The Morgan fingerprint density at radius 3 is 2.84 bits per heavy atom. The zero-order valence-corrected chi connectivity index (χ0v) is 11.0. The summed E-state index contributed by atoms with van der Waals surface area (Å²) in [7, 11) is 1.40. The van der Waals surface area contributed by atoms with Crippen LogP contribution in [0.15, 0.2) is 18.2 Å². The molecule has 1 heterocycles. The van der Waals surface area contributed by atoms with Gasteiger partial charge in [-0.2, -0.15) is 0 Å². The highest BCUT2D eigenvalue weighted by molar-refractivity contribution is 5.94. The van der Waals surface area contributed by atoms with Crippen molar-refractivity contribution < 1.29 is 13.9 Å². The molecule has 19 heavy (non-hydrogen) atoms. The molecule has 0 saturated carbocycles. The molecule has 1 aromatic carbocycles. The lowest BCUT2D eigenvalue weighted by Crippen LogP contribution is -2.36. The Kier molecular flexibility index (Phi) is 4.74. The minimum Gasteiger partial charge on any atom is -0.494 e. The number of hydrogen-bond acceptors (Lipinski definition) is 3. The van der Waals surface area contributed by atoms with Gasteiger partial charge in [-0.05, 0) is 50.0 Å². The van der Waals surface area contributed by atoms with Gasteiger partial charge in [0.2, 0.25) is 0 Å². The van der Waals surface area contributed by atoms with E-state index in [1.165, 1.54) is 19.2 Å². The van der Waals surface area contributed by atoms with Crippen molar-refractivity contribution in [2.24, 2.45) is 5.92 Å². The van der Waals surface area contributed by atoms with E-state index < -0.39 is 5.82 Å². The minimum absolute atomic E-state index is 0.148. The van der Waals surface area contributed by atoms with Crippen molar-refractivity contribution in [3.8, 4) is 5.75 Å². The Hall–Kier alpha value is -1.62. The summed E-state index contributed by atoms with van der Waals surface area (Å²) in [5.74, 6) is -0.0969. The highest BCUT2D eigenvalue weighted by atomic mass is 19.1. The molecule has 0 spiro atoms. The molecule has 0 bridgehead atoms. The number of ether oxygens (including phenoxy) is 1. The van der Waals surface area contributed by atoms with Crippen LogP contribution in [0.5, 0.6) is 5.75 Å². The molecule has 1 aromatic rings. The molecule has 2 N–H and O–H groups in total. The van der Waals surface area contributed by atoms with Gasteiger partial charge in [0.25, 0.3) is 5.91 Å². The lowest BCUT2D eigenvalue weighted by molar-refractivity contribution is 0.0943. The number of benzene rings is 1. The second kappa shape index (κ2) is 6.52. The van der Waals surface area contributed by atoms with Crippen molar-refractivity contribution in [3.05, 3.63) is 29.6 Å². The highest BCUT2D eigenvalue weighted by Gasteiger charge is 2.15. The summed E-state index contributed by atoms with van der Waals surface area (Å²) >= 11 is 0. The molecule has 1 amide bonds. The second-order valence-electron chi connectivity index (χ2n) is 4.75. The van der Waals surface area contributed by atoms with Crippen LogP contribution in [0, 0.1) is 11.7 Å². The van der Waals surface area contributed by atoms with Gasteiger partial charge in [-0.3, -0.25) is 4.79 Å². The first-order valence-corrected chi connectivity index (χ1v) is 6.53. The maximum atomic E-state index is 13.5. The molecule has 1 saturated heterocycles. The van der Waals surface area contributed by atoms with Gasteiger partial charge in [-0.1, -0.05) is 0 Å². The van der Waals surface area contributed by atoms with Gasteiger partial charge in [-0.25, -0.2) is 4.39 Å². The Morgan fingerprint density at radius 1 is 1.47 bits per heavy atom. The molecule has 1 fully saturated rings. The van der Waals surface area contributed by atoms with E-state index in [2.05, 4.69) is 10.6 Å². The van der Waals surface area contributed by atoms with Gasteiger partial charge in [-0.15, -0.1) is 0 Å². The maximum absolute atomic E-state index is 13.5. The van der Waals surface area contributed by atoms with E-state index in [1.54, 1.807) is 6.07 Å². The molecule has 4 nitrogen and oxygen atoms in total. The fourth-order valence-electron chi connectivity index (χ4n) is 2.23. The Balaban J connectivity index is 1.90. The number of carbonyl (C=O) groups is 1. The molecule has 2 rings (SSSR count). The van der Waals surface area contributed by atoms with Gasteiger partial charge >= 0.3 is 0 Å². The summed E-state index contributed by atoms with van der Waals surface area (Å²) in [4.78, 5) is 11.9. The smallest absolute Gasteiger partial charge is 0.251 e. The fraction of sp³-hybridized carbons (Fsp3) is 0.500. The van der Waals surface area contributed by atoms with E-state index in [0.29, 0.717) is 18.0 Å². The van der Waals surface area contributed by atoms with E-state index in [1.807, 2.05) is 0 Å². The topological polar surface area (TPSA) is 50.4 Å². The molecular formula is C14H19FN2O2. The molecule has 0 atom stereocenters. The molecule has 0 radical (unpaired) electrons. The number of piperidine rings is 1. The van der Waals surface area contributed by atoms with Crippen molar-refractivity contribution >= 4 is 5.91 Å². The van der Waals surface area contributed by atoms with Crippen LogP contribution in [0.25, 0.3) is 0 Å². The minimum atomic E-state index is -0.517. The predicted octanol–water partition coefficient (Wildman–Crippen LogP) is 1.56. The quantitative estimate of drug-likeness (QED) is 0.869. The van der Waals surface area contributed by atoms with Crippen LogP contribution < -0.4 is 15.4 Å². The first kappa shape index (κ1) is 13.8. The van der Waals surface area contributed by atoms with Crippen LogP contribution in [0.3, 0.4) is 0 Å². The predicted molar refractivity (Wildman–Crippen MR) is 70.9 cm³/mol. The van der Waals surface area contributed by atoms with Crippen LogP contribution in [0.4, 0.5) is 4.39 Å². The highest BCUT2D eigenvalue weighted by Crippen LogP contribution is 2.17. The number of methoxy groups -OCH3 is 1. The third kappa shape index (κ3) is 3.67. The van der Waals surface area contributed by atoms with Crippen molar-refractivity contribution in [2.45, 2.75) is 12.8 Å². The lowest BCUT2D eigenvalue weighted by atomic mass is 9.98. The summed E-state index contributed by atoms with van der Waals surface area (Å²) < 4.78 is 18.3. The normalized spacial score (nSPS) is 16.1. The third-order valence-corrected chi connectivity index (χ3v) is 3.42. The summed E-state index contributed by atoms with van der Waals surface area (Å²) in [5, 5.41) is 6.14. The SMILES string of the molecule is COc1ccc(C(=O)NCC2CCNCC2)cc1F. The van der Waals surface area contributed by atoms with Gasteiger partial charge in [0.1, 0.15) is 0 Å². The van der Waals surface area contributed by atoms with Gasteiger partial charge in [0.15, 0.2) is 11.6 Å². The number of hydrogen-bond donors (Lipinski definition) is 2. The standard InChI is InChI=1S/C14H19FN2O2/c1-19-13-3-2-11(8-12(13)15)14(18)17-9-10-4-6-16-7-5-10/h2-3,8,10,16H,4-7,9H2,1H3,(H,17,18). The first-order chi connectivity index (χ1) is 9.20. The van der Waals surface area contributed by atoms with Crippen LogP contribution >= 0.6 is 0 Å². The van der Waals surface area contributed by atoms with Gasteiger partial charge in [0.05, 0.1) is 7.11 Å². The van der Waals surface area contributed by atoms with Gasteiger partial charge in [0, 0.05) is 12.1 Å². The molecule has 0 aromatic heterocycles. The summed E-state index contributed by atoms with van der Waals surface area (Å²) in [6.07, 6.45) is 2.13. The zero-order chi connectivity index (χ0) is 13.7. The Labute approximate surface area is 112 Å². The first-order valence-electron chi connectivity index (χ1n) is 6.53. The average molecular weight is 266 g/mol. The van der Waals surface area contributed by atoms with Gasteiger partial charge < -0.3 is 15.4 Å². The molecule has 104 valence electrons. The monoisotopic (exact) mass is 266 g/mol. The third-order valence-electron chi connectivity index (χ3n) is 3.42. The van der Waals surface area contributed by atoms with Crippen molar-refractivity contribution in [1.29, 1.82) is 0 Å². The zero-order valence-electron chi connectivity index (χ0n) is 11.0. The van der Waals surface area contributed by atoms with E-state index in [0.717, 1.165) is 25.9 Å². The number of nitrogens with one attached hydrogen (secondary N) is 2. The van der Waals surface area contributed by atoms with Crippen molar-refractivity contribution in [1.82, 2.24) is 10.6 Å². The molecule has 1 aliphatic rings. The fourth-order valence-corrected chi connectivity index (χ4v) is 2.23. The molecular weight excluding hydrogens is 247 g/mol. The molecule has 1 aliphatic heterocycles. The average Bonchev–Trinajstić information content (AvgIpc) is 2.45. The lowest BCUT2D eigenvalue weighted by Gasteiger charge is -2.22. The van der Waals surface area contributed by atoms with E-state index in [-0.39, 0.29) is 11.7 Å². The summed E-state index contributed by atoms with van der Waals surface area (Å²) in [5.41, 5.74) is 0.326. The van der Waals surface area contributed by atoms with E-state index in [4.69, 9.17) is 4.74 Å². The van der Waals surface area contributed by atoms with Crippen molar-refractivity contribution in [3.63, 3.8) is 0 Å². The van der Waals surface area contributed by atoms with E-state index in [9.17, 15) is 9.18 Å². The summed E-state index contributed by atoms with van der Waals surface area (Å²) in [6.45, 7) is 2.64. The van der Waals surface area contributed by atoms with Crippen molar-refractivity contribution in [2.75, 3.05) is 26.7 Å². The molecule has 5 heteroatoms. The Bertz CT molecular complexity index is 445. The summed E-state index contributed by atoms with van der Waals surface area (Å²) in [6, 6.07) is 4.24. The van der Waals surface area contributed by atoms with Crippen LogP contribution in [0.2, 0.25) is 0 Å². The number of halogens is 1. The maximum Gasteiger partial charge on any atom is 0.251 e. The number of amides is 1.